The summed E-state index contributed by atoms with van der Waals surface area (Å²) in [6.45, 7) is 9.22. The first kappa shape index (κ1) is 14.7. The number of primary amides is 2. The summed E-state index contributed by atoms with van der Waals surface area (Å²) < 4.78 is 4.68. The molecule has 0 rings (SSSR count). The number of hydrogen-bond acceptors (Lipinski definition) is 3. The molecule has 0 saturated carbocycles. The van der Waals surface area contributed by atoms with Crippen molar-refractivity contribution in [3.63, 3.8) is 0 Å². The summed E-state index contributed by atoms with van der Waals surface area (Å²) >= 11 is 0. The predicted molar refractivity (Wildman–Crippen MR) is 54.4 cm³/mol. The number of urea groups is 1. The van der Waals surface area contributed by atoms with Gasteiger partial charge >= 0.3 is 12.0 Å². The fourth-order valence-corrected chi connectivity index (χ4v) is 0.385. The minimum atomic E-state index is -0.833. The van der Waals surface area contributed by atoms with Crippen molar-refractivity contribution in [2.75, 3.05) is 6.61 Å². The minimum Gasteiger partial charge on any atom is -0.462 e. The highest BCUT2D eigenvalue weighted by molar-refractivity contribution is 5.81. The first-order chi connectivity index (χ1) is 6.40. The third-order valence-electron chi connectivity index (χ3n) is 0.940. The Balaban J connectivity index is 0. The third kappa shape index (κ3) is 22.5. The normalized spacial score (nSPS) is 7.79. The minimum absolute atomic E-state index is 0.374. The zero-order valence-electron chi connectivity index (χ0n) is 8.29. The molecule has 14 heavy (non-hydrogen) atoms. The monoisotopic (exact) mass is 200 g/mol. The van der Waals surface area contributed by atoms with Crippen molar-refractivity contribution < 1.29 is 14.3 Å². The van der Waals surface area contributed by atoms with E-state index in [2.05, 4.69) is 29.4 Å². The van der Waals surface area contributed by atoms with E-state index in [0.717, 1.165) is 18.1 Å². The predicted octanol–water partition coefficient (Wildman–Crippen LogP) is 0.706. The van der Waals surface area contributed by atoms with Crippen LogP contribution in [0, 0.1) is 0 Å². The molecule has 5 heteroatoms. The van der Waals surface area contributed by atoms with E-state index in [-0.39, 0.29) is 5.97 Å². The van der Waals surface area contributed by atoms with E-state index in [9.17, 15) is 4.79 Å². The summed E-state index contributed by atoms with van der Waals surface area (Å²) in [5.74, 6) is -0.374. The highest BCUT2D eigenvalue weighted by atomic mass is 16.5. The van der Waals surface area contributed by atoms with Crippen LogP contribution < -0.4 is 11.5 Å². The van der Waals surface area contributed by atoms with Crippen molar-refractivity contribution in [1.29, 1.82) is 0 Å². The third-order valence-corrected chi connectivity index (χ3v) is 0.940. The van der Waals surface area contributed by atoms with Crippen LogP contribution in [0.25, 0.3) is 0 Å². The lowest BCUT2D eigenvalue weighted by Gasteiger charge is -1.99. The maximum Gasteiger partial charge on any atom is 0.330 e. The summed E-state index contributed by atoms with van der Waals surface area (Å²) in [6.07, 6.45) is 1.87. The van der Waals surface area contributed by atoms with Crippen LogP contribution in [0.2, 0.25) is 0 Å². The maximum absolute atomic E-state index is 10.4. The van der Waals surface area contributed by atoms with Crippen molar-refractivity contribution in [1.82, 2.24) is 0 Å². The van der Waals surface area contributed by atoms with Crippen LogP contribution in [0.1, 0.15) is 13.3 Å². The number of carbonyl (C=O) groups excluding carboxylic acids is 2. The van der Waals surface area contributed by atoms with E-state index in [0.29, 0.717) is 6.61 Å². The standard InChI is InChI=1S/C8H12O2.CH4N2O/c1-4-8(9)10-6-5-7(2)3;2-1(3)4/h4H,1-2,5-6H2,3H3;(H4,2,3,4). The first-order valence-corrected chi connectivity index (χ1v) is 3.88. The highest BCUT2D eigenvalue weighted by Gasteiger charge is 1.93. The van der Waals surface area contributed by atoms with Gasteiger partial charge in [-0.25, -0.2) is 9.59 Å². The highest BCUT2D eigenvalue weighted by Crippen LogP contribution is 1.95. The second kappa shape index (κ2) is 9.31. The molecule has 0 aromatic carbocycles. The van der Waals surface area contributed by atoms with Gasteiger partial charge in [-0.1, -0.05) is 12.2 Å². The van der Waals surface area contributed by atoms with Crippen molar-refractivity contribution in [3.8, 4) is 0 Å². The quantitative estimate of drug-likeness (QED) is 0.397. The average Bonchev–Trinajstić information content (AvgIpc) is 2.02. The molecule has 0 aliphatic rings. The lowest BCUT2D eigenvalue weighted by molar-refractivity contribution is -0.137. The molecule has 0 radical (unpaired) electrons. The molecular weight excluding hydrogens is 184 g/mol. The van der Waals surface area contributed by atoms with Crippen LogP contribution in [-0.2, 0) is 9.53 Å². The van der Waals surface area contributed by atoms with Gasteiger partial charge in [0.05, 0.1) is 6.61 Å². The van der Waals surface area contributed by atoms with Gasteiger partial charge in [0, 0.05) is 12.5 Å². The number of carbonyl (C=O) groups is 2. The molecule has 4 N–H and O–H groups in total. The molecule has 0 spiro atoms. The fraction of sp³-hybridized carbons (Fsp3) is 0.333. The Labute approximate surface area is 83.4 Å². The zero-order valence-corrected chi connectivity index (χ0v) is 8.29. The topological polar surface area (TPSA) is 95.4 Å². The Morgan fingerprint density at radius 1 is 1.43 bits per heavy atom. The second-order valence-electron chi connectivity index (χ2n) is 2.48. The largest absolute Gasteiger partial charge is 0.462 e. The van der Waals surface area contributed by atoms with Crippen LogP contribution in [0.3, 0.4) is 0 Å². The summed E-state index contributed by atoms with van der Waals surface area (Å²) in [7, 11) is 0. The fourth-order valence-electron chi connectivity index (χ4n) is 0.385. The van der Waals surface area contributed by atoms with Gasteiger partial charge in [0.15, 0.2) is 0 Å². The van der Waals surface area contributed by atoms with Crippen LogP contribution in [0.15, 0.2) is 24.8 Å². The van der Waals surface area contributed by atoms with Gasteiger partial charge in [-0.2, -0.15) is 0 Å². The van der Waals surface area contributed by atoms with Crippen LogP contribution in [0.4, 0.5) is 4.79 Å². The van der Waals surface area contributed by atoms with E-state index in [1.54, 1.807) is 0 Å². The van der Waals surface area contributed by atoms with Gasteiger partial charge in [0.25, 0.3) is 0 Å². The molecule has 0 bridgehead atoms. The Bertz CT molecular complexity index is 220. The van der Waals surface area contributed by atoms with Crippen molar-refractivity contribution in [3.05, 3.63) is 24.8 Å². The van der Waals surface area contributed by atoms with Crippen LogP contribution >= 0.6 is 0 Å². The Morgan fingerprint density at radius 3 is 2.14 bits per heavy atom. The summed E-state index contributed by atoms with van der Waals surface area (Å²) in [5, 5.41) is 0. The number of ether oxygens (including phenoxy) is 1. The summed E-state index contributed by atoms with van der Waals surface area (Å²) in [6, 6.07) is -0.833. The number of rotatable bonds is 4. The van der Waals surface area contributed by atoms with Gasteiger partial charge in [0.1, 0.15) is 0 Å². The molecule has 5 nitrogen and oxygen atoms in total. The zero-order chi connectivity index (χ0) is 11.6. The first-order valence-electron chi connectivity index (χ1n) is 3.88. The average molecular weight is 200 g/mol. The number of nitrogens with two attached hydrogens (primary N) is 2. The van der Waals surface area contributed by atoms with Gasteiger partial charge in [0.2, 0.25) is 0 Å². The Hall–Kier alpha value is -1.78. The van der Waals surface area contributed by atoms with E-state index < -0.39 is 6.03 Å². The van der Waals surface area contributed by atoms with Crippen LogP contribution in [-0.4, -0.2) is 18.6 Å². The molecule has 0 fully saturated rings. The van der Waals surface area contributed by atoms with E-state index >= 15 is 0 Å². The molecule has 2 amide bonds. The molecule has 0 unspecified atom stereocenters. The molecule has 0 atom stereocenters. The summed E-state index contributed by atoms with van der Waals surface area (Å²) in [4.78, 5) is 19.4. The lowest BCUT2D eigenvalue weighted by Crippen LogP contribution is -2.18. The molecule has 0 aromatic heterocycles. The molecule has 80 valence electrons. The van der Waals surface area contributed by atoms with Gasteiger partial charge < -0.3 is 16.2 Å². The Kier molecular flexibility index (Phi) is 9.79. The SMILES string of the molecule is C=CC(=O)OCCC(=C)C.NC(N)=O. The van der Waals surface area contributed by atoms with Gasteiger partial charge in [-0.3, -0.25) is 0 Å². The molecule has 0 aliphatic heterocycles. The lowest BCUT2D eigenvalue weighted by atomic mass is 10.3. The van der Waals surface area contributed by atoms with E-state index in [1.807, 2.05) is 6.92 Å². The molecule has 0 saturated heterocycles. The van der Waals surface area contributed by atoms with Crippen LogP contribution in [0.5, 0.6) is 0 Å². The number of hydrogen-bond donors (Lipinski definition) is 2. The van der Waals surface area contributed by atoms with E-state index in [1.165, 1.54) is 0 Å². The second-order valence-corrected chi connectivity index (χ2v) is 2.48. The number of amides is 2. The van der Waals surface area contributed by atoms with Crippen molar-refractivity contribution >= 4 is 12.0 Å². The smallest absolute Gasteiger partial charge is 0.330 e. The van der Waals surface area contributed by atoms with Gasteiger partial charge in [-0.05, 0) is 6.92 Å². The molecule has 0 aliphatic carbocycles. The number of esters is 1. The Morgan fingerprint density at radius 2 is 1.86 bits per heavy atom. The van der Waals surface area contributed by atoms with Crippen molar-refractivity contribution in [2.45, 2.75) is 13.3 Å². The molecule has 0 aromatic rings. The van der Waals surface area contributed by atoms with Gasteiger partial charge in [-0.15, -0.1) is 6.58 Å². The maximum atomic E-state index is 10.4. The van der Waals surface area contributed by atoms with Crippen molar-refractivity contribution in [2.24, 2.45) is 11.5 Å². The van der Waals surface area contributed by atoms with E-state index in [4.69, 9.17) is 4.79 Å². The molecular formula is C9H16N2O3. The molecule has 0 heterocycles. The summed E-state index contributed by atoms with van der Waals surface area (Å²) in [5.41, 5.74) is 9.51.